The number of rotatable bonds is 3. The van der Waals surface area contributed by atoms with E-state index in [4.69, 9.17) is 0 Å². The third kappa shape index (κ3) is 2.82. The average Bonchev–Trinajstić information content (AvgIpc) is 2.91. The number of hydrogen-bond acceptors (Lipinski definition) is 3. The summed E-state index contributed by atoms with van der Waals surface area (Å²) >= 11 is 1.71. The molecule has 2 rings (SSSR count). The van der Waals surface area contributed by atoms with Crippen LogP contribution in [0.3, 0.4) is 0 Å². The van der Waals surface area contributed by atoms with Crippen LogP contribution in [0.4, 0.5) is 5.69 Å². The molecule has 0 bridgehead atoms. The Labute approximate surface area is 107 Å². The van der Waals surface area contributed by atoms with Gasteiger partial charge in [-0.3, -0.25) is 4.79 Å². The number of hydrogen-bond donors (Lipinski definition) is 1. The first-order chi connectivity index (χ1) is 8.22. The predicted molar refractivity (Wildman–Crippen MR) is 72.7 cm³/mol. The molecule has 1 atom stereocenters. The molecule has 1 heterocycles. The number of amides is 1. The molecule has 0 aromatic heterocycles. The van der Waals surface area contributed by atoms with E-state index in [9.17, 15) is 4.79 Å². The van der Waals surface area contributed by atoms with Crippen molar-refractivity contribution >= 4 is 23.4 Å². The van der Waals surface area contributed by atoms with Crippen LogP contribution in [0.2, 0.25) is 0 Å². The fourth-order valence-electron chi connectivity index (χ4n) is 2.06. The van der Waals surface area contributed by atoms with Crippen molar-refractivity contribution in [2.75, 3.05) is 24.7 Å². The molecule has 1 aliphatic rings. The van der Waals surface area contributed by atoms with E-state index in [0.717, 1.165) is 25.1 Å². The molecular formula is C13H18N2OS. The summed E-state index contributed by atoms with van der Waals surface area (Å²) in [6, 6.07) is 8.09. The second-order valence-electron chi connectivity index (χ2n) is 4.24. The van der Waals surface area contributed by atoms with Gasteiger partial charge in [-0.2, -0.15) is 0 Å². The van der Waals surface area contributed by atoms with Crippen LogP contribution < -0.4 is 10.2 Å². The Balaban J connectivity index is 2.07. The van der Waals surface area contributed by atoms with Crippen LogP contribution in [0.15, 0.2) is 29.2 Å². The van der Waals surface area contributed by atoms with E-state index < -0.39 is 0 Å². The number of likely N-dealkylation sites (N-methyl/N-ethyl adjacent to an activating group) is 1. The van der Waals surface area contributed by atoms with Crippen molar-refractivity contribution in [3.05, 3.63) is 24.3 Å². The fourth-order valence-corrected chi connectivity index (χ4v) is 2.47. The number of carbonyl (C=O) groups excluding carboxylic acids is 1. The molecule has 0 spiro atoms. The SMILES string of the molecule is CSc1ccc(N(C)C(=O)C2CCCN2)cc1. The third-order valence-electron chi connectivity index (χ3n) is 3.15. The molecule has 4 heteroatoms. The van der Waals surface area contributed by atoms with E-state index in [1.54, 1.807) is 16.7 Å². The van der Waals surface area contributed by atoms with Crippen molar-refractivity contribution in [3.8, 4) is 0 Å². The molecule has 1 saturated heterocycles. The summed E-state index contributed by atoms with van der Waals surface area (Å²) in [4.78, 5) is 15.1. The van der Waals surface area contributed by atoms with E-state index in [1.165, 1.54) is 4.90 Å². The van der Waals surface area contributed by atoms with Gasteiger partial charge in [0.1, 0.15) is 0 Å². The molecule has 1 amide bonds. The highest BCUT2D eigenvalue weighted by Gasteiger charge is 2.25. The largest absolute Gasteiger partial charge is 0.314 e. The lowest BCUT2D eigenvalue weighted by Crippen LogP contribution is -2.41. The topological polar surface area (TPSA) is 32.3 Å². The van der Waals surface area contributed by atoms with E-state index in [2.05, 4.69) is 5.32 Å². The molecule has 0 aliphatic carbocycles. The molecule has 1 aliphatic heterocycles. The monoisotopic (exact) mass is 250 g/mol. The number of carbonyl (C=O) groups is 1. The summed E-state index contributed by atoms with van der Waals surface area (Å²) in [5.74, 6) is 0.166. The van der Waals surface area contributed by atoms with Crippen molar-refractivity contribution in [3.63, 3.8) is 0 Å². The van der Waals surface area contributed by atoms with Gasteiger partial charge < -0.3 is 10.2 Å². The quantitative estimate of drug-likeness (QED) is 0.834. The Hall–Kier alpha value is -1.00. The Morgan fingerprint density at radius 2 is 2.12 bits per heavy atom. The Morgan fingerprint density at radius 3 is 2.65 bits per heavy atom. The summed E-state index contributed by atoms with van der Waals surface area (Å²) in [7, 11) is 1.84. The van der Waals surface area contributed by atoms with Crippen molar-refractivity contribution < 1.29 is 4.79 Å². The van der Waals surface area contributed by atoms with E-state index in [-0.39, 0.29) is 11.9 Å². The molecule has 1 unspecified atom stereocenters. The zero-order valence-corrected chi connectivity index (χ0v) is 11.1. The van der Waals surface area contributed by atoms with Crippen LogP contribution in [0.1, 0.15) is 12.8 Å². The fraction of sp³-hybridized carbons (Fsp3) is 0.462. The first-order valence-corrected chi connectivity index (χ1v) is 7.10. The molecule has 0 saturated carbocycles. The smallest absolute Gasteiger partial charge is 0.243 e. The maximum atomic E-state index is 12.2. The normalized spacial score (nSPS) is 19.3. The number of anilines is 1. The Kier molecular flexibility index (Phi) is 4.07. The van der Waals surface area contributed by atoms with Crippen LogP contribution in [-0.4, -0.2) is 31.8 Å². The highest BCUT2D eigenvalue weighted by Crippen LogP contribution is 2.21. The van der Waals surface area contributed by atoms with Crippen molar-refractivity contribution in [2.45, 2.75) is 23.8 Å². The van der Waals surface area contributed by atoms with Gasteiger partial charge in [0.15, 0.2) is 0 Å². The summed E-state index contributed by atoms with van der Waals surface area (Å²) in [6.07, 6.45) is 4.09. The van der Waals surface area contributed by atoms with Gasteiger partial charge >= 0.3 is 0 Å². The van der Waals surface area contributed by atoms with Gasteiger partial charge in [0, 0.05) is 17.6 Å². The lowest BCUT2D eigenvalue weighted by molar-refractivity contribution is -0.119. The van der Waals surface area contributed by atoms with Gasteiger partial charge in [0.25, 0.3) is 0 Å². The van der Waals surface area contributed by atoms with Gasteiger partial charge in [0.2, 0.25) is 5.91 Å². The van der Waals surface area contributed by atoms with E-state index in [0.29, 0.717) is 0 Å². The van der Waals surface area contributed by atoms with Crippen LogP contribution in [0.5, 0.6) is 0 Å². The van der Waals surface area contributed by atoms with Gasteiger partial charge in [-0.15, -0.1) is 11.8 Å². The second kappa shape index (κ2) is 5.56. The molecule has 92 valence electrons. The second-order valence-corrected chi connectivity index (χ2v) is 5.12. The third-order valence-corrected chi connectivity index (χ3v) is 3.89. The Morgan fingerprint density at radius 1 is 1.41 bits per heavy atom. The van der Waals surface area contributed by atoms with Crippen molar-refractivity contribution in [2.24, 2.45) is 0 Å². The summed E-state index contributed by atoms with van der Waals surface area (Å²) in [5, 5.41) is 3.23. The zero-order valence-electron chi connectivity index (χ0n) is 10.3. The lowest BCUT2D eigenvalue weighted by Gasteiger charge is -2.21. The van der Waals surface area contributed by atoms with Crippen molar-refractivity contribution in [1.82, 2.24) is 5.32 Å². The Bertz CT molecular complexity index is 385. The first-order valence-electron chi connectivity index (χ1n) is 5.87. The number of benzene rings is 1. The first kappa shape index (κ1) is 12.5. The predicted octanol–water partition coefficient (Wildman–Crippen LogP) is 2.12. The molecule has 0 radical (unpaired) electrons. The van der Waals surface area contributed by atoms with Crippen LogP contribution in [0.25, 0.3) is 0 Å². The molecule has 3 nitrogen and oxygen atoms in total. The van der Waals surface area contributed by atoms with Gasteiger partial charge in [-0.25, -0.2) is 0 Å². The minimum atomic E-state index is 0.000210. The maximum absolute atomic E-state index is 12.2. The number of nitrogens with one attached hydrogen (secondary N) is 1. The number of nitrogens with zero attached hydrogens (tertiary/aromatic N) is 1. The molecular weight excluding hydrogens is 232 g/mol. The van der Waals surface area contributed by atoms with Gasteiger partial charge in [0.05, 0.1) is 6.04 Å². The minimum absolute atomic E-state index is 0.000210. The highest BCUT2D eigenvalue weighted by molar-refractivity contribution is 7.98. The van der Waals surface area contributed by atoms with Gasteiger partial charge in [-0.05, 0) is 49.9 Å². The number of thioether (sulfide) groups is 1. The van der Waals surface area contributed by atoms with Crippen LogP contribution in [0, 0.1) is 0 Å². The van der Waals surface area contributed by atoms with E-state index in [1.807, 2.05) is 37.6 Å². The highest BCUT2D eigenvalue weighted by atomic mass is 32.2. The van der Waals surface area contributed by atoms with Crippen LogP contribution in [-0.2, 0) is 4.79 Å². The molecule has 1 fully saturated rings. The average molecular weight is 250 g/mol. The van der Waals surface area contributed by atoms with Crippen molar-refractivity contribution in [1.29, 1.82) is 0 Å². The van der Waals surface area contributed by atoms with E-state index >= 15 is 0 Å². The molecule has 17 heavy (non-hydrogen) atoms. The lowest BCUT2D eigenvalue weighted by atomic mass is 10.2. The molecule has 1 aromatic rings. The summed E-state index contributed by atoms with van der Waals surface area (Å²) < 4.78 is 0. The molecule has 1 aromatic carbocycles. The van der Waals surface area contributed by atoms with Gasteiger partial charge in [-0.1, -0.05) is 0 Å². The van der Waals surface area contributed by atoms with Crippen LogP contribution >= 0.6 is 11.8 Å². The standard InChI is InChI=1S/C13H18N2OS/c1-15(13(16)12-4-3-9-14-12)10-5-7-11(17-2)8-6-10/h5-8,12,14H,3-4,9H2,1-2H3. The maximum Gasteiger partial charge on any atom is 0.243 e. The summed E-state index contributed by atoms with van der Waals surface area (Å²) in [5.41, 5.74) is 0.960. The minimum Gasteiger partial charge on any atom is -0.314 e. The molecule has 1 N–H and O–H groups in total. The summed E-state index contributed by atoms with van der Waals surface area (Å²) in [6.45, 7) is 0.954. The zero-order chi connectivity index (χ0) is 12.3.